The van der Waals surface area contributed by atoms with E-state index in [9.17, 15) is 31.2 Å². The highest BCUT2D eigenvalue weighted by Crippen LogP contribution is 2.33. The zero-order chi connectivity index (χ0) is 19.0. The third kappa shape index (κ3) is 5.12. The van der Waals surface area contributed by atoms with Crippen molar-refractivity contribution in [1.29, 1.82) is 0 Å². The number of carbonyl (C=O) groups is 2. The number of hydrogen-bond acceptors (Lipinski definition) is 4. The molecule has 0 heterocycles. The number of nitrogens with zero attached hydrogens (tertiary/aromatic N) is 1. The van der Waals surface area contributed by atoms with Gasteiger partial charge in [0.2, 0.25) is 10.0 Å². The first-order chi connectivity index (χ1) is 11.4. The van der Waals surface area contributed by atoms with Gasteiger partial charge in [-0.3, -0.25) is 9.59 Å². The summed E-state index contributed by atoms with van der Waals surface area (Å²) in [5.74, 6) is -0.963. The van der Waals surface area contributed by atoms with Gasteiger partial charge in [0.05, 0.1) is 18.2 Å². The van der Waals surface area contributed by atoms with Crippen molar-refractivity contribution in [3.8, 4) is 0 Å². The van der Waals surface area contributed by atoms with E-state index in [1.54, 1.807) is 0 Å². The molecule has 0 N–H and O–H groups in total. The van der Waals surface area contributed by atoms with Crippen LogP contribution in [-0.2, 0) is 27.5 Å². The molecule has 0 atom stereocenters. The van der Waals surface area contributed by atoms with Crippen molar-refractivity contribution in [3.63, 3.8) is 0 Å². The standard InChI is InChI=1S/C16H18F3NO4S/c1-20(25(2,23)24)9-11-7-12(16(17,18)19)5-6-13(11)15(22)8-14(21)10-3-4-10/h5-7,10H,3-4,8-9H2,1-2H3. The van der Waals surface area contributed by atoms with Gasteiger partial charge in [0.25, 0.3) is 0 Å². The maximum atomic E-state index is 12.9. The number of ketones is 2. The topological polar surface area (TPSA) is 71.5 Å². The van der Waals surface area contributed by atoms with Crippen LogP contribution in [0.3, 0.4) is 0 Å². The van der Waals surface area contributed by atoms with Crippen molar-refractivity contribution in [2.45, 2.75) is 32.0 Å². The van der Waals surface area contributed by atoms with Gasteiger partial charge in [-0.25, -0.2) is 12.7 Å². The predicted octanol–water partition coefficient (Wildman–Crippen LogP) is 2.65. The van der Waals surface area contributed by atoms with Crippen LogP contribution >= 0.6 is 0 Å². The van der Waals surface area contributed by atoms with Crippen LogP contribution in [0.2, 0.25) is 0 Å². The average molecular weight is 377 g/mol. The second kappa shape index (κ2) is 6.87. The minimum atomic E-state index is -4.62. The van der Waals surface area contributed by atoms with Crippen molar-refractivity contribution in [2.75, 3.05) is 13.3 Å². The number of alkyl halides is 3. The Morgan fingerprint density at radius 1 is 1.24 bits per heavy atom. The van der Waals surface area contributed by atoms with E-state index >= 15 is 0 Å². The molecule has 0 saturated heterocycles. The molecule has 0 bridgehead atoms. The van der Waals surface area contributed by atoms with E-state index < -0.39 is 27.5 Å². The molecule has 138 valence electrons. The molecule has 5 nitrogen and oxygen atoms in total. The first kappa shape index (κ1) is 19.6. The van der Waals surface area contributed by atoms with Crippen LogP contribution < -0.4 is 0 Å². The monoisotopic (exact) mass is 377 g/mol. The number of halogens is 3. The summed E-state index contributed by atoms with van der Waals surface area (Å²) < 4.78 is 62.7. The lowest BCUT2D eigenvalue weighted by Gasteiger charge is -2.18. The van der Waals surface area contributed by atoms with E-state index in [0.29, 0.717) is 0 Å². The second-order valence-electron chi connectivity index (χ2n) is 6.23. The molecule has 0 amide bonds. The highest BCUT2D eigenvalue weighted by atomic mass is 32.2. The van der Waals surface area contributed by atoms with Crippen molar-refractivity contribution in [3.05, 3.63) is 34.9 Å². The highest BCUT2D eigenvalue weighted by molar-refractivity contribution is 7.88. The van der Waals surface area contributed by atoms with Crippen molar-refractivity contribution >= 4 is 21.6 Å². The normalized spacial score (nSPS) is 15.4. The summed E-state index contributed by atoms with van der Waals surface area (Å²) in [7, 11) is -2.44. The average Bonchev–Trinajstić information content (AvgIpc) is 3.29. The maximum Gasteiger partial charge on any atom is 0.416 e. The van der Waals surface area contributed by atoms with E-state index in [-0.39, 0.29) is 35.8 Å². The zero-order valence-electron chi connectivity index (χ0n) is 13.8. The van der Waals surface area contributed by atoms with Gasteiger partial charge in [-0.05, 0) is 30.5 Å². The molecule has 0 aliphatic heterocycles. The number of hydrogen-bond donors (Lipinski definition) is 0. The maximum absolute atomic E-state index is 12.9. The Bertz CT molecular complexity index is 798. The first-order valence-electron chi connectivity index (χ1n) is 7.57. The zero-order valence-corrected chi connectivity index (χ0v) is 14.6. The van der Waals surface area contributed by atoms with Crippen LogP contribution in [0, 0.1) is 5.92 Å². The van der Waals surface area contributed by atoms with E-state index in [1.807, 2.05) is 0 Å². The summed E-state index contributed by atoms with van der Waals surface area (Å²) in [6.45, 7) is -0.387. The van der Waals surface area contributed by atoms with Crippen LogP contribution in [0.1, 0.15) is 40.7 Å². The summed E-state index contributed by atoms with van der Waals surface area (Å²) in [5.41, 5.74) is -1.11. The fourth-order valence-corrected chi connectivity index (χ4v) is 2.71. The summed E-state index contributed by atoms with van der Waals surface area (Å²) in [6.07, 6.45) is -2.64. The van der Waals surface area contributed by atoms with Crippen molar-refractivity contribution < 1.29 is 31.2 Å². The molecule has 1 aromatic carbocycles. The molecular weight excluding hydrogens is 359 g/mol. The first-order valence-corrected chi connectivity index (χ1v) is 9.41. The largest absolute Gasteiger partial charge is 0.416 e. The Morgan fingerprint density at radius 2 is 1.84 bits per heavy atom. The van der Waals surface area contributed by atoms with Crippen molar-refractivity contribution in [2.24, 2.45) is 5.92 Å². The van der Waals surface area contributed by atoms with Crippen LogP contribution in [0.25, 0.3) is 0 Å². The van der Waals surface area contributed by atoms with Gasteiger partial charge in [0.1, 0.15) is 5.78 Å². The van der Waals surface area contributed by atoms with Gasteiger partial charge in [-0.15, -0.1) is 0 Å². The smallest absolute Gasteiger partial charge is 0.299 e. The quantitative estimate of drug-likeness (QED) is 0.541. The summed E-state index contributed by atoms with van der Waals surface area (Å²) in [4.78, 5) is 24.1. The molecule has 2 rings (SSSR count). The fraction of sp³-hybridized carbons (Fsp3) is 0.500. The molecule has 1 aliphatic rings. The summed E-state index contributed by atoms with van der Waals surface area (Å²) >= 11 is 0. The van der Waals surface area contributed by atoms with Gasteiger partial charge in [0, 0.05) is 25.1 Å². The Kier molecular flexibility index (Phi) is 5.38. The van der Waals surface area contributed by atoms with E-state index in [0.717, 1.165) is 41.6 Å². The number of Topliss-reactive ketones (excluding diaryl/α,β-unsaturated/α-hetero) is 2. The molecule has 9 heteroatoms. The molecule has 0 spiro atoms. The van der Waals surface area contributed by atoms with Crippen LogP contribution in [0.15, 0.2) is 18.2 Å². The lowest BCUT2D eigenvalue weighted by atomic mass is 9.96. The predicted molar refractivity (Wildman–Crippen MR) is 84.4 cm³/mol. The SMILES string of the molecule is CN(Cc1cc(C(F)(F)F)ccc1C(=O)CC(=O)C1CC1)S(C)(=O)=O. The molecule has 1 aromatic rings. The Balaban J connectivity index is 2.36. The fourth-order valence-electron chi connectivity index (χ4n) is 2.33. The van der Waals surface area contributed by atoms with Crippen LogP contribution in [0.4, 0.5) is 13.2 Å². The number of sulfonamides is 1. The third-order valence-corrected chi connectivity index (χ3v) is 5.32. The van der Waals surface area contributed by atoms with Gasteiger partial charge >= 0.3 is 6.18 Å². The molecule has 1 aliphatic carbocycles. The summed E-state index contributed by atoms with van der Waals surface area (Å²) in [5, 5.41) is 0. The number of benzene rings is 1. The molecule has 1 saturated carbocycles. The van der Waals surface area contributed by atoms with Gasteiger partial charge in [-0.1, -0.05) is 6.07 Å². The molecular formula is C16H18F3NO4S. The number of carbonyl (C=O) groups excluding carboxylic acids is 2. The van der Waals surface area contributed by atoms with E-state index in [4.69, 9.17) is 0 Å². The lowest BCUT2D eigenvalue weighted by molar-refractivity contribution is -0.137. The Labute approximate surface area is 143 Å². The van der Waals surface area contributed by atoms with Gasteiger partial charge < -0.3 is 0 Å². The minimum Gasteiger partial charge on any atom is -0.299 e. The Hall–Kier alpha value is -1.74. The minimum absolute atomic E-state index is 0.0579. The van der Waals surface area contributed by atoms with Crippen LogP contribution in [-0.4, -0.2) is 37.6 Å². The molecule has 1 fully saturated rings. The van der Waals surface area contributed by atoms with E-state index in [1.165, 1.54) is 7.05 Å². The van der Waals surface area contributed by atoms with Gasteiger partial charge in [0.15, 0.2) is 5.78 Å². The summed E-state index contributed by atoms with van der Waals surface area (Å²) in [6, 6.07) is 2.53. The second-order valence-corrected chi connectivity index (χ2v) is 8.32. The molecule has 25 heavy (non-hydrogen) atoms. The van der Waals surface area contributed by atoms with Crippen LogP contribution in [0.5, 0.6) is 0 Å². The number of rotatable bonds is 7. The molecule has 0 aromatic heterocycles. The van der Waals surface area contributed by atoms with E-state index in [2.05, 4.69) is 0 Å². The Morgan fingerprint density at radius 3 is 2.32 bits per heavy atom. The van der Waals surface area contributed by atoms with Crippen molar-refractivity contribution in [1.82, 2.24) is 4.31 Å². The third-order valence-electron chi connectivity index (χ3n) is 4.06. The highest BCUT2D eigenvalue weighted by Gasteiger charge is 2.33. The molecule has 0 radical (unpaired) electrons. The lowest BCUT2D eigenvalue weighted by Crippen LogP contribution is -2.26. The molecule has 0 unspecified atom stereocenters. The van der Waals surface area contributed by atoms with Gasteiger partial charge in [-0.2, -0.15) is 13.2 Å².